The highest BCUT2D eigenvalue weighted by Crippen LogP contribution is 2.06. The van der Waals surface area contributed by atoms with Crippen molar-refractivity contribution in [3.05, 3.63) is 12.7 Å². The third-order valence-corrected chi connectivity index (χ3v) is 2.04. The summed E-state index contributed by atoms with van der Waals surface area (Å²) in [5, 5.41) is 9.34. The standard InChI is InChI=1S/C9H15BrO3/c1-3-8(11)5-4-7(2)13-9(12)6-10/h3,7-8,11H,1,4-6H2,2H3/t7-,8?/m1/s1. The second-order valence-electron chi connectivity index (χ2n) is 2.81. The highest BCUT2D eigenvalue weighted by atomic mass is 79.9. The van der Waals surface area contributed by atoms with Gasteiger partial charge in [0.1, 0.15) is 5.33 Å². The monoisotopic (exact) mass is 250 g/mol. The Morgan fingerprint density at radius 2 is 2.31 bits per heavy atom. The van der Waals surface area contributed by atoms with Crippen molar-refractivity contribution in [2.45, 2.75) is 32.0 Å². The van der Waals surface area contributed by atoms with Crippen molar-refractivity contribution < 1.29 is 14.6 Å². The Labute approximate surface area is 86.9 Å². The van der Waals surface area contributed by atoms with E-state index < -0.39 is 6.10 Å². The Kier molecular flexibility index (Phi) is 6.90. The molecule has 0 heterocycles. The summed E-state index contributed by atoms with van der Waals surface area (Å²) in [4.78, 5) is 10.8. The molecule has 0 spiro atoms. The molecule has 1 N–H and O–H groups in total. The van der Waals surface area contributed by atoms with E-state index in [1.807, 2.05) is 0 Å². The van der Waals surface area contributed by atoms with Gasteiger partial charge in [0, 0.05) is 0 Å². The van der Waals surface area contributed by atoms with Crippen molar-refractivity contribution in [3.8, 4) is 0 Å². The summed E-state index contributed by atoms with van der Waals surface area (Å²) in [7, 11) is 0. The number of carbonyl (C=O) groups excluding carboxylic acids is 1. The first-order valence-corrected chi connectivity index (χ1v) is 5.28. The van der Waals surface area contributed by atoms with Gasteiger partial charge in [0.2, 0.25) is 0 Å². The topological polar surface area (TPSA) is 46.5 Å². The molecule has 0 saturated heterocycles. The number of ether oxygens (including phenoxy) is 1. The third kappa shape index (κ3) is 6.78. The first-order valence-electron chi connectivity index (χ1n) is 4.16. The van der Waals surface area contributed by atoms with Crippen LogP contribution in [0.1, 0.15) is 19.8 Å². The van der Waals surface area contributed by atoms with Gasteiger partial charge in [-0.3, -0.25) is 4.79 Å². The van der Waals surface area contributed by atoms with E-state index in [4.69, 9.17) is 9.84 Å². The minimum atomic E-state index is -0.509. The number of carbonyl (C=O) groups is 1. The van der Waals surface area contributed by atoms with E-state index in [9.17, 15) is 4.79 Å². The van der Waals surface area contributed by atoms with Crippen LogP contribution in [0, 0.1) is 0 Å². The zero-order chi connectivity index (χ0) is 10.3. The van der Waals surface area contributed by atoms with Crippen LogP contribution in [0.3, 0.4) is 0 Å². The average molecular weight is 251 g/mol. The summed E-state index contributed by atoms with van der Waals surface area (Å²) in [6.45, 7) is 5.25. The number of hydrogen-bond donors (Lipinski definition) is 1. The summed E-state index contributed by atoms with van der Waals surface area (Å²) in [6, 6.07) is 0. The van der Waals surface area contributed by atoms with E-state index >= 15 is 0 Å². The molecule has 0 saturated carbocycles. The molecule has 76 valence electrons. The molecule has 0 aliphatic rings. The molecule has 3 nitrogen and oxygen atoms in total. The molecule has 0 aliphatic heterocycles. The molecular formula is C9H15BrO3. The summed E-state index contributed by atoms with van der Waals surface area (Å²) >= 11 is 3.00. The maximum Gasteiger partial charge on any atom is 0.316 e. The zero-order valence-corrected chi connectivity index (χ0v) is 9.29. The van der Waals surface area contributed by atoms with Gasteiger partial charge in [-0.1, -0.05) is 22.0 Å². The van der Waals surface area contributed by atoms with Crippen LogP contribution >= 0.6 is 15.9 Å². The highest BCUT2D eigenvalue weighted by molar-refractivity contribution is 9.09. The van der Waals surface area contributed by atoms with Crippen molar-refractivity contribution >= 4 is 21.9 Å². The number of aliphatic hydroxyl groups excluding tert-OH is 1. The molecule has 0 aliphatic carbocycles. The van der Waals surface area contributed by atoms with E-state index in [0.29, 0.717) is 12.8 Å². The number of halogens is 1. The van der Waals surface area contributed by atoms with Crippen LogP contribution in [0.15, 0.2) is 12.7 Å². The molecule has 0 radical (unpaired) electrons. The number of hydrogen-bond acceptors (Lipinski definition) is 3. The van der Waals surface area contributed by atoms with Crippen molar-refractivity contribution in [1.82, 2.24) is 0 Å². The molecule has 0 fully saturated rings. The van der Waals surface area contributed by atoms with Gasteiger partial charge in [-0.15, -0.1) is 6.58 Å². The molecule has 0 aromatic carbocycles. The van der Waals surface area contributed by atoms with Crippen LogP contribution < -0.4 is 0 Å². The van der Waals surface area contributed by atoms with E-state index in [2.05, 4.69) is 22.5 Å². The molecule has 1 unspecified atom stereocenters. The van der Waals surface area contributed by atoms with Gasteiger partial charge in [-0.05, 0) is 19.8 Å². The van der Waals surface area contributed by atoms with Crippen LogP contribution in [0.25, 0.3) is 0 Å². The van der Waals surface area contributed by atoms with Crippen molar-refractivity contribution in [2.75, 3.05) is 5.33 Å². The fraction of sp³-hybridized carbons (Fsp3) is 0.667. The van der Waals surface area contributed by atoms with Gasteiger partial charge in [0.15, 0.2) is 0 Å². The quantitative estimate of drug-likeness (QED) is 0.443. The Morgan fingerprint density at radius 1 is 1.69 bits per heavy atom. The summed E-state index contributed by atoms with van der Waals surface area (Å²) in [5.74, 6) is -0.277. The minimum absolute atomic E-state index is 0.153. The van der Waals surface area contributed by atoms with Crippen LogP contribution in [0.4, 0.5) is 0 Å². The fourth-order valence-corrected chi connectivity index (χ4v) is 0.970. The van der Waals surface area contributed by atoms with Gasteiger partial charge in [-0.2, -0.15) is 0 Å². The lowest BCUT2D eigenvalue weighted by Crippen LogP contribution is -2.17. The molecular weight excluding hydrogens is 236 g/mol. The lowest BCUT2D eigenvalue weighted by atomic mass is 10.1. The number of rotatable bonds is 6. The summed E-state index contributed by atoms with van der Waals surface area (Å²) in [6.07, 6.45) is 2.02. The lowest BCUT2D eigenvalue weighted by molar-refractivity contribution is -0.145. The normalized spacial score (nSPS) is 14.7. The highest BCUT2D eigenvalue weighted by Gasteiger charge is 2.09. The molecule has 0 aromatic rings. The van der Waals surface area contributed by atoms with Gasteiger partial charge in [0.05, 0.1) is 12.2 Å². The second kappa shape index (κ2) is 7.09. The van der Waals surface area contributed by atoms with Crippen LogP contribution in [-0.2, 0) is 9.53 Å². The molecule has 0 aromatic heterocycles. The second-order valence-corrected chi connectivity index (χ2v) is 3.38. The Balaban J connectivity index is 3.56. The molecule has 2 atom stereocenters. The van der Waals surface area contributed by atoms with E-state index in [1.54, 1.807) is 6.92 Å². The number of alkyl halides is 1. The Hall–Kier alpha value is -0.350. The van der Waals surface area contributed by atoms with E-state index in [1.165, 1.54) is 6.08 Å². The van der Waals surface area contributed by atoms with Gasteiger partial charge >= 0.3 is 5.97 Å². The number of esters is 1. The largest absolute Gasteiger partial charge is 0.462 e. The first kappa shape index (κ1) is 12.7. The molecule has 13 heavy (non-hydrogen) atoms. The summed E-state index contributed by atoms with van der Waals surface area (Å²) in [5.41, 5.74) is 0. The maximum atomic E-state index is 10.8. The predicted molar refractivity (Wildman–Crippen MR) is 54.8 cm³/mol. The minimum Gasteiger partial charge on any atom is -0.462 e. The maximum absolute atomic E-state index is 10.8. The van der Waals surface area contributed by atoms with Gasteiger partial charge in [-0.25, -0.2) is 0 Å². The SMILES string of the molecule is C=CC(O)CC[C@@H](C)OC(=O)CBr. The Bertz CT molecular complexity index is 170. The zero-order valence-electron chi connectivity index (χ0n) is 7.70. The van der Waals surface area contributed by atoms with Crippen molar-refractivity contribution in [3.63, 3.8) is 0 Å². The third-order valence-electron chi connectivity index (χ3n) is 1.58. The predicted octanol–water partition coefficient (Wildman–Crippen LogP) is 1.64. The smallest absolute Gasteiger partial charge is 0.316 e. The van der Waals surface area contributed by atoms with Crippen molar-refractivity contribution in [1.29, 1.82) is 0 Å². The van der Waals surface area contributed by atoms with Crippen LogP contribution in [0.5, 0.6) is 0 Å². The lowest BCUT2D eigenvalue weighted by Gasteiger charge is -2.13. The molecule has 4 heteroatoms. The van der Waals surface area contributed by atoms with E-state index in [-0.39, 0.29) is 17.4 Å². The van der Waals surface area contributed by atoms with E-state index in [0.717, 1.165) is 0 Å². The van der Waals surface area contributed by atoms with Crippen LogP contribution in [0.2, 0.25) is 0 Å². The van der Waals surface area contributed by atoms with Crippen LogP contribution in [-0.4, -0.2) is 28.6 Å². The van der Waals surface area contributed by atoms with Crippen molar-refractivity contribution in [2.24, 2.45) is 0 Å². The summed E-state index contributed by atoms with van der Waals surface area (Å²) < 4.78 is 4.96. The van der Waals surface area contributed by atoms with Gasteiger partial charge in [0.25, 0.3) is 0 Å². The molecule has 0 amide bonds. The molecule has 0 rings (SSSR count). The van der Waals surface area contributed by atoms with Gasteiger partial charge < -0.3 is 9.84 Å². The first-order chi connectivity index (χ1) is 6.10. The Morgan fingerprint density at radius 3 is 2.77 bits per heavy atom. The average Bonchev–Trinajstić information content (AvgIpc) is 2.13. The fourth-order valence-electron chi connectivity index (χ4n) is 0.838. The number of aliphatic hydroxyl groups is 1. The molecule has 0 bridgehead atoms.